The smallest absolute Gasteiger partial charge is 0.125 e. The van der Waals surface area contributed by atoms with Crippen molar-refractivity contribution >= 4 is 11.3 Å². The molecule has 2 nitrogen and oxygen atoms in total. The third-order valence-corrected chi connectivity index (χ3v) is 4.61. The summed E-state index contributed by atoms with van der Waals surface area (Å²) in [5, 5.41) is 3.44. The molecule has 0 N–H and O–H groups in total. The summed E-state index contributed by atoms with van der Waals surface area (Å²) in [6, 6.07) is 0. The Kier molecular flexibility index (Phi) is 4.57. The fourth-order valence-electron chi connectivity index (χ4n) is 2.71. The van der Waals surface area contributed by atoms with Crippen LogP contribution in [0.4, 0.5) is 0 Å². The second-order valence-electron chi connectivity index (χ2n) is 4.88. The van der Waals surface area contributed by atoms with Gasteiger partial charge in [0.2, 0.25) is 0 Å². The summed E-state index contributed by atoms with van der Waals surface area (Å²) in [5.41, 5.74) is 1.20. The monoisotopic (exact) mass is 253 g/mol. The first kappa shape index (κ1) is 13.0. The largest absolute Gasteiger partial charge is 0.368 e. The normalized spacial score (nSPS) is 19.4. The molecule has 0 unspecified atom stereocenters. The van der Waals surface area contributed by atoms with E-state index < -0.39 is 0 Å². The third kappa shape index (κ3) is 2.89. The molecule has 0 aliphatic heterocycles. The molecule has 0 atom stereocenters. The van der Waals surface area contributed by atoms with Crippen LogP contribution in [0.1, 0.15) is 63.1 Å². The zero-order valence-corrected chi connectivity index (χ0v) is 11.8. The number of hydrogen-bond acceptors (Lipinski definition) is 3. The SMILES string of the molecule is CCCc1csc(C2(OCC)CCCCC2)n1. The topological polar surface area (TPSA) is 22.1 Å². The molecule has 3 heteroatoms. The van der Waals surface area contributed by atoms with Gasteiger partial charge in [-0.05, 0) is 26.2 Å². The fraction of sp³-hybridized carbons (Fsp3) is 0.786. The molecule has 1 heterocycles. The highest BCUT2D eigenvalue weighted by molar-refractivity contribution is 7.09. The van der Waals surface area contributed by atoms with Crippen LogP contribution in [0.3, 0.4) is 0 Å². The van der Waals surface area contributed by atoms with Crippen molar-refractivity contribution in [3.8, 4) is 0 Å². The van der Waals surface area contributed by atoms with E-state index in [-0.39, 0.29) is 5.60 Å². The lowest BCUT2D eigenvalue weighted by atomic mass is 9.85. The standard InChI is InChI=1S/C14H23NOS/c1-3-8-12-11-17-13(15-12)14(16-4-2)9-6-5-7-10-14/h11H,3-10H2,1-2H3. The molecular formula is C14H23NOS. The number of thiazole rings is 1. The molecule has 1 aromatic heterocycles. The van der Waals surface area contributed by atoms with E-state index in [2.05, 4.69) is 19.2 Å². The van der Waals surface area contributed by atoms with Crippen LogP contribution in [0.25, 0.3) is 0 Å². The Morgan fingerprint density at radius 1 is 1.29 bits per heavy atom. The molecule has 1 aliphatic rings. The van der Waals surface area contributed by atoms with Crippen molar-refractivity contribution < 1.29 is 4.74 Å². The van der Waals surface area contributed by atoms with Crippen LogP contribution in [0.5, 0.6) is 0 Å². The number of nitrogens with zero attached hydrogens (tertiary/aromatic N) is 1. The summed E-state index contributed by atoms with van der Waals surface area (Å²) in [6.07, 6.45) is 8.48. The van der Waals surface area contributed by atoms with Gasteiger partial charge in [-0.3, -0.25) is 0 Å². The Morgan fingerprint density at radius 3 is 2.71 bits per heavy atom. The Hall–Kier alpha value is -0.410. The van der Waals surface area contributed by atoms with Gasteiger partial charge in [0.25, 0.3) is 0 Å². The summed E-state index contributed by atoms with van der Waals surface area (Å²) in [4.78, 5) is 4.81. The van der Waals surface area contributed by atoms with E-state index in [1.165, 1.54) is 36.4 Å². The summed E-state index contributed by atoms with van der Waals surface area (Å²) in [6.45, 7) is 5.09. The van der Waals surface area contributed by atoms with Crippen LogP contribution in [0.15, 0.2) is 5.38 Å². The predicted octanol–water partition coefficient (Wildman–Crippen LogP) is 4.29. The zero-order chi connectivity index (χ0) is 12.1. The number of hydrogen-bond donors (Lipinski definition) is 0. The molecule has 1 aliphatic carbocycles. The van der Waals surface area contributed by atoms with Crippen LogP contribution in [0.2, 0.25) is 0 Å². The zero-order valence-electron chi connectivity index (χ0n) is 11.0. The van der Waals surface area contributed by atoms with Gasteiger partial charge in [-0.2, -0.15) is 0 Å². The van der Waals surface area contributed by atoms with E-state index in [9.17, 15) is 0 Å². The van der Waals surface area contributed by atoms with Crippen molar-refractivity contribution in [3.05, 3.63) is 16.1 Å². The highest BCUT2D eigenvalue weighted by Gasteiger charge is 2.37. The van der Waals surface area contributed by atoms with Gasteiger partial charge >= 0.3 is 0 Å². The first-order valence-electron chi connectivity index (χ1n) is 6.89. The van der Waals surface area contributed by atoms with Gasteiger partial charge in [0.15, 0.2) is 0 Å². The van der Waals surface area contributed by atoms with Crippen molar-refractivity contribution in [3.63, 3.8) is 0 Å². The summed E-state index contributed by atoms with van der Waals surface area (Å²) >= 11 is 1.80. The highest BCUT2D eigenvalue weighted by Crippen LogP contribution is 2.41. The van der Waals surface area contributed by atoms with E-state index in [0.29, 0.717) is 0 Å². The molecule has 0 saturated heterocycles. The lowest BCUT2D eigenvalue weighted by Crippen LogP contribution is -2.32. The van der Waals surface area contributed by atoms with Crippen LogP contribution in [0, 0.1) is 0 Å². The van der Waals surface area contributed by atoms with E-state index in [4.69, 9.17) is 9.72 Å². The van der Waals surface area contributed by atoms with Gasteiger partial charge in [-0.15, -0.1) is 11.3 Å². The van der Waals surface area contributed by atoms with Crippen LogP contribution < -0.4 is 0 Å². The second-order valence-corrected chi connectivity index (χ2v) is 5.74. The third-order valence-electron chi connectivity index (χ3n) is 3.53. The first-order chi connectivity index (χ1) is 8.30. The van der Waals surface area contributed by atoms with Crippen molar-refractivity contribution in [2.75, 3.05) is 6.61 Å². The molecule has 0 bridgehead atoms. The first-order valence-corrected chi connectivity index (χ1v) is 7.77. The lowest BCUT2D eigenvalue weighted by Gasteiger charge is -2.35. The molecule has 0 aromatic carbocycles. The summed E-state index contributed by atoms with van der Waals surface area (Å²) in [5.74, 6) is 0. The molecule has 1 aromatic rings. The average Bonchev–Trinajstić information content (AvgIpc) is 2.80. The van der Waals surface area contributed by atoms with Gasteiger partial charge < -0.3 is 4.74 Å². The number of aromatic nitrogens is 1. The predicted molar refractivity (Wildman–Crippen MR) is 72.5 cm³/mol. The minimum Gasteiger partial charge on any atom is -0.368 e. The minimum absolute atomic E-state index is 0.0519. The Bertz CT molecular complexity index is 336. The Labute approximate surface area is 108 Å². The fourth-order valence-corrected chi connectivity index (χ4v) is 3.77. The molecule has 1 fully saturated rings. The van der Waals surface area contributed by atoms with Crippen LogP contribution in [-0.4, -0.2) is 11.6 Å². The van der Waals surface area contributed by atoms with Crippen LogP contribution >= 0.6 is 11.3 Å². The molecule has 0 amide bonds. The van der Waals surface area contributed by atoms with E-state index >= 15 is 0 Å². The Morgan fingerprint density at radius 2 is 2.06 bits per heavy atom. The maximum Gasteiger partial charge on any atom is 0.125 e. The summed E-state index contributed by atoms with van der Waals surface area (Å²) < 4.78 is 6.10. The maximum atomic E-state index is 6.10. The lowest BCUT2D eigenvalue weighted by molar-refractivity contribution is -0.0705. The average molecular weight is 253 g/mol. The van der Waals surface area contributed by atoms with Crippen LogP contribution in [-0.2, 0) is 16.8 Å². The van der Waals surface area contributed by atoms with E-state index in [1.807, 2.05) is 0 Å². The molecule has 17 heavy (non-hydrogen) atoms. The highest BCUT2D eigenvalue weighted by atomic mass is 32.1. The van der Waals surface area contributed by atoms with E-state index in [1.54, 1.807) is 11.3 Å². The number of rotatable bonds is 5. The van der Waals surface area contributed by atoms with Crippen molar-refractivity contribution in [1.82, 2.24) is 4.98 Å². The number of ether oxygens (including phenoxy) is 1. The van der Waals surface area contributed by atoms with E-state index in [0.717, 1.165) is 25.9 Å². The quantitative estimate of drug-likeness (QED) is 0.781. The van der Waals surface area contributed by atoms with Gasteiger partial charge in [0.05, 0.1) is 5.69 Å². The minimum atomic E-state index is -0.0519. The van der Waals surface area contributed by atoms with Gasteiger partial charge in [0, 0.05) is 12.0 Å². The Balaban J connectivity index is 2.18. The van der Waals surface area contributed by atoms with Gasteiger partial charge in [0.1, 0.15) is 10.6 Å². The molecule has 0 spiro atoms. The van der Waals surface area contributed by atoms with Gasteiger partial charge in [-0.25, -0.2) is 4.98 Å². The van der Waals surface area contributed by atoms with Crippen molar-refractivity contribution in [2.45, 2.75) is 64.4 Å². The molecule has 0 radical (unpaired) electrons. The molecule has 1 saturated carbocycles. The van der Waals surface area contributed by atoms with Crippen molar-refractivity contribution in [2.24, 2.45) is 0 Å². The van der Waals surface area contributed by atoms with Gasteiger partial charge in [-0.1, -0.05) is 32.6 Å². The molecular weight excluding hydrogens is 230 g/mol. The molecule has 96 valence electrons. The summed E-state index contributed by atoms with van der Waals surface area (Å²) in [7, 11) is 0. The second kappa shape index (κ2) is 5.96. The number of aryl methyl sites for hydroxylation is 1. The maximum absolute atomic E-state index is 6.10. The van der Waals surface area contributed by atoms with Crippen molar-refractivity contribution in [1.29, 1.82) is 0 Å². The molecule has 2 rings (SSSR count).